The van der Waals surface area contributed by atoms with Crippen molar-refractivity contribution < 1.29 is 63.3 Å². The molecule has 3 unspecified atom stereocenters. The number of esters is 1. The lowest BCUT2D eigenvalue weighted by atomic mass is 9.89. The third-order valence-electron chi connectivity index (χ3n) is 2.99. The van der Waals surface area contributed by atoms with E-state index in [2.05, 4.69) is 9.47 Å². The van der Waals surface area contributed by atoms with Gasteiger partial charge in [-0.1, -0.05) is 6.92 Å². The molecule has 0 aromatic carbocycles. The number of rotatable bonds is 2. The van der Waals surface area contributed by atoms with Gasteiger partial charge in [-0.3, -0.25) is 4.79 Å². The predicted octanol–water partition coefficient (Wildman–Crippen LogP) is 2.79. The van der Waals surface area contributed by atoms with E-state index < -0.39 is 54.6 Å². The largest absolute Gasteiger partial charge is 0.449 e. The number of hydrogen-bond acceptors (Lipinski definition) is 4. The second-order valence-electron chi connectivity index (χ2n) is 4.70. The summed E-state index contributed by atoms with van der Waals surface area (Å²) < 4.78 is 136. The van der Waals surface area contributed by atoms with E-state index in [1.54, 1.807) is 0 Å². The maximum absolute atomic E-state index is 13.7. The van der Waals surface area contributed by atoms with Crippen LogP contribution in [-0.4, -0.2) is 53.3 Å². The van der Waals surface area contributed by atoms with E-state index in [1.165, 1.54) is 0 Å². The lowest BCUT2D eigenvalue weighted by Crippen LogP contribution is -2.78. The number of aliphatic hydroxyl groups is 1. The predicted molar refractivity (Wildman–Crippen MR) is 52.0 cm³/mol. The number of alkyl halides is 10. The molecule has 1 N–H and O–H groups in total. The van der Waals surface area contributed by atoms with Crippen LogP contribution in [0.5, 0.6) is 0 Å². The van der Waals surface area contributed by atoms with Gasteiger partial charge in [0.15, 0.2) is 0 Å². The summed E-state index contributed by atoms with van der Waals surface area (Å²) in [7, 11) is 0. The summed E-state index contributed by atoms with van der Waals surface area (Å²) in [6, 6.07) is 0. The summed E-state index contributed by atoms with van der Waals surface area (Å²) in [5, 5.41) is 8.94. The average molecular weight is 382 g/mol. The summed E-state index contributed by atoms with van der Waals surface area (Å²) in [6.07, 6.45) is -23.2. The normalized spacial score (nSPS) is 33.2. The Bertz CT molecular complexity index is 499. The third-order valence-corrected chi connectivity index (χ3v) is 2.99. The number of ether oxygens (including phenoxy) is 2. The minimum atomic E-state index is -6.62. The number of carbonyl (C=O) groups is 1. The maximum Gasteiger partial charge on any atom is 0.449 e. The van der Waals surface area contributed by atoms with Crippen molar-refractivity contribution in [3.63, 3.8) is 0 Å². The lowest BCUT2D eigenvalue weighted by molar-refractivity contribution is -0.513. The van der Waals surface area contributed by atoms with Gasteiger partial charge in [-0.15, -0.1) is 0 Å². The molecule has 0 saturated carbocycles. The van der Waals surface area contributed by atoms with Crippen LogP contribution in [0, 0.1) is 0 Å². The van der Waals surface area contributed by atoms with Gasteiger partial charge in [0.05, 0.1) is 0 Å². The van der Waals surface area contributed by atoms with Gasteiger partial charge >= 0.3 is 36.0 Å². The fourth-order valence-electron chi connectivity index (χ4n) is 1.79. The van der Waals surface area contributed by atoms with Crippen LogP contribution in [-0.2, 0) is 14.3 Å². The Morgan fingerprint density at radius 1 is 1.12 bits per heavy atom. The van der Waals surface area contributed by atoms with E-state index in [0.717, 1.165) is 6.92 Å². The zero-order valence-electron chi connectivity index (χ0n) is 11.3. The molecule has 1 aliphatic heterocycles. The molecule has 0 spiro atoms. The van der Waals surface area contributed by atoms with Gasteiger partial charge in [0, 0.05) is 6.42 Å². The molecular formula is C10H8F10O4. The summed E-state index contributed by atoms with van der Waals surface area (Å²) in [5.41, 5.74) is 0. The van der Waals surface area contributed by atoms with Crippen molar-refractivity contribution in [1.29, 1.82) is 0 Å². The van der Waals surface area contributed by atoms with Crippen molar-refractivity contribution in [3.8, 4) is 0 Å². The van der Waals surface area contributed by atoms with Crippen LogP contribution in [0.1, 0.15) is 13.3 Å². The zero-order chi connectivity index (χ0) is 19.4. The van der Waals surface area contributed by atoms with Gasteiger partial charge in [0.1, 0.15) is 0 Å². The molecule has 142 valence electrons. The first-order chi connectivity index (χ1) is 10.4. The third kappa shape index (κ3) is 3.00. The van der Waals surface area contributed by atoms with Crippen LogP contribution in [0.2, 0.25) is 0 Å². The molecule has 1 saturated heterocycles. The molecule has 0 aromatic heterocycles. The summed E-state index contributed by atoms with van der Waals surface area (Å²) >= 11 is 0. The Labute approximate surface area is 126 Å². The Balaban J connectivity index is 3.58. The van der Waals surface area contributed by atoms with Crippen molar-refractivity contribution in [2.24, 2.45) is 0 Å². The van der Waals surface area contributed by atoms with Crippen molar-refractivity contribution >= 4 is 5.97 Å². The van der Waals surface area contributed by atoms with Gasteiger partial charge < -0.3 is 14.6 Å². The number of halogens is 10. The topological polar surface area (TPSA) is 55.8 Å². The molecule has 0 aliphatic carbocycles. The molecule has 1 rings (SSSR count). The van der Waals surface area contributed by atoms with Crippen LogP contribution in [0.3, 0.4) is 0 Å². The molecule has 0 amide bonds. The maximum atomic E-state index is 13.7. The van der Waals surface area contributed by atoms with Crippen LogP contribution in [0.4, 0.5) is 43.9 Å². The molecular weight excluding hydrogens is 374 g/mol. The van der Waals surface area contributed by atoms with E-state index in [9.17, 15) is 48.7 Å². The van der Waals surface area contributed by atoms with Crippen molar-refractivity contribution in [1.82, 2.24) is 0 Å². The summed E-state index contributed by atoms with van der Waals surface area (Å²) in [4.78, 5) is 10.9. The highest BCUT2D eigenvalue weighted by atomic mass is 19.4. The van der Waals surface area contributed by atoms with Gasteiger partial charge in [-0.05, 0) is 0 Å². The molecule has 4 nitrogen and oxygen atoms in total. The minimum Gasteiger partial charge on any atom is -0.449 e. The quantitative estimate of drug-likeness (QED) is 0.590. The van der Waals surface area contributed by atoms with Crippen LogP contribution in [0.15, 0.2) is 0 Å². The van der Waals surface area contributed by atoms with E-state index in [4.69, 9.17) is 5.11 Å². The smallest absolute Gasteiger partial charge is 0.449 e. The van der Waals surface area contributed by atoms with E-state index in [0.29, 0.717) is 0 Å². The Morgan fingerprint density at radius 3 is 1.92 bits per heavy atom. The highest BCUT2D eigenvalue weighted by Gasteiger charge is 2.86. The Kier molecular flexibility index (Phi) is 4.84. The SMILES string of the molecule is CCC(=O)OC1C(F)(F)C(C(F)(F)F)OC(O)(C(F)(F)F)C1(F)F. The van der Waals surface area contributed by atoms with Crippen molar-refractivity contribution in [3.05, 3.63) is 0 Å². The number of carbonyl (C=O) groups excluding carboxylic acids is 1. The zero-order valence-corrected chi connectivity index (χ0v) is 11.3. The average Bonchev–Trinajstić information content (AvgIpc) is 2.36. The molecule has 0 aromatic rings. The van der Waals surface area contributed by atoms with E-state index in [-0.39, 0.29) is 0 Å². The first-order valence-electron chi connectivity index (χ1n) is 5.91. The lowest BCUT2D eigenvalue weighted by Gasteiger charge is -2.49. The molecule has 0 bridgehead atoms. The molecule has 1 aliphatic rings. The van der Waals surface area contributed by atoms with Crippen LogP contribution in [0.25, 0.3) is 0 Å². The second-order valence-corrected chi connectivity index (χ2v) is 4.70. The number of hydrogen-bond donors (Lipinski definition) is 1. The highest BCUT2D eigenvalue weighted by molar-refractivity contribution is 5.69. The molecule has 14 heteroatoms. The van der Waals surface area contributed by atoms with Crippen LogP contribution < -0.4 is 0 Å². The van der Waals surface area contributed by atoms with E-state index >= 15 is 0 Å². The molecule has 3 atom stereocenters. The Morgan fingerprint density at radius 2 is 1.58 bits per heavy atom. The fourth-order valence-corrected chi connectivity index (χ4v) is 1.79. The fraction of sp³-hybridized carbons (Fsp3) is 0.900. The van der Waals surface area contributed by atoms with Gasteiger partial charge in [0.2, 0.25) is 12.2 Å². The summed E-state index contributed by atoms with van der Waals surface area (Å²) in [6.45, 7) is 0.856. The Hall–Kier alpha value is -1.31. The van der Waals surface area contributed by atoms with E-state index in [1.807, 2.05) is 0 Å². The molecule has 0 radical (unpaired) electrons. The van der Waals surface area contributed by atoms with Crippen LogP contribution >= 0.6 is 0 Å². The van der Waals surface area contributed by atoms with Gasteiger partial charge in [0.25, 0.3) is 0 Å². The van der Waals surface area contributed by atoms with Gasteiger partial charge in [-0.25, -0.2) is 0 Å². The van der Waals surface area contributed by atoms with Crippen molar-refractivity contribution in [2.75, 3.05) is 0 Å². The monoisotopic (exact) mass is 382 g/mol. The first-order valence-corrected chi connectivity index (χ1v) is 5.91. The molecule has 1 fully saturated rings. The highest BCUT2D eigenvalue weighted by Crippen LogP contribution is 2.57. The standard InChI is InChI=1S/C10H8F10O4/c1-2-3(21)23-4-6(11,12)5(8(15,16)17)24-9(22,7(4,13)14)10(18,19)20/h4-5,22H,2H2,1H3. The summed E-state index contributed by atoms with van der Waals surface area (Å²) in [5.74, 6) is -19.8. The van der Waals surface area contributed by atoms with Crippen molar-refractivity contribution in [2.45, 2.75) is 55.5 Å². The molecule has 1 heterocycles. The molecule has 24 heavy (non-hydrogen) atoms. The first kappa shape index (κ1) is 20.7. The minimum absolute atomic E-state index is 0.856. The van der Waals surface area contributed by atoms with Gasteiger partial charge in [-0.2, -0.15) is 43.9 Å². The second kappa shape index (κ2) is 5.61.